The molecular formula is C14H23NO2. The molecule has 3 heteroatoms. The fourth-order valence-corrected chi connectivity index (χ4v) is 2.34. The Morgan fingerprint density at radius 1 is 1.35 bits per heavy atom. The van der Waals surface area contributed by atoms with Crippen LogP contribution in [0.25, 0.3) is 0 Å². The minimum atomic E-state index is 0.0395. The number of carbonyl (C=O) groups is 1. The minimum absolute atomic E-state index is 0.0395. The molecule has 0 saturated carbocycles. The van der Waals surface area contributed by atoms with Gasteiger partial charge < -0.3 is 10.0 Å². The van der Waals surface area contributed by atoms with Crippen LogP contribution in [0.1, 0.15) is 51.4 Å². The van der Waals surface area contributed by atoms with Crippen LogP contribution in [0.5, 0.6) is 0 Å². The van der Waals surface area contributed by atoms with Crippen LogP contribution in [0.2, 0.25) is 0 Å². The van der Waals surface area contributed by atoms with Crippen molar-refractivity contribution in [2.24, 2.45) is 0 Å². The molecule has 1 saturated heterocycles. The van der Waals surface area contributed by atoms with Crippen molar-refractivity contribution in [3.63, 3.8) is 0 Å². The van der Waals surface area contributed by atoms with Crippen molar-refractivity contribution in [3.8, 4) is 12.3 Å². The molecule has 1 rings (SSSR count). The van der Waals surface area contributed by atoms with E-state index in [1.165, 1.54) is 0 Å². The maximum absolute atomic E-state index is 12.0. The Morgan fingerprint density at radius 2 is 2.18 bits per heavy atom. The van der Waals surface area contributed by atoms with Gasteiger partial charge in [0.25, 0.3) is 0 Å². The molecular weight excluding hydrogens is 214 g/mol. The van der Waals surface area contributed by atoms with Gasteiger partial charge in [0.05, 0.1) is 12.6 Å². The number of aliphatic hydroxyl groups excluding tert-OH is 1. The number of nitrogens with zero attached hydrogens (tertiary/aromatic N) is 1. The summed E-state index contributed by atoms with van der Waals surface area (Å²) in [4.78, 5) is 13.9. The van der Waals surface area contributed by atoms with Crippen LogP contribution in [0.3, 0.4) is 0 Å². The molecule has 1 aliphatic heterocycles. The zero-order valence-corrected chi connectivity index (χ0v) is 10.5. The summed E-state index contributed by atoms with van der Waals surface area (Å²) in [6, 6.07) is 0.0395. The Kier molecular flexibility index (Phi) is 6.73. The number of rotatable bonds is 5. The molecule has 1 aliphatic rings. The predicted molar refractivity (Wildman–Crippen MR) is 68.4 cm³/mol. The molecule has 96 valence electrons. The molecule has 1 fully saturated rings. The molecule has 1 heterocycles. The lowest BCUT2D eigenvalue weighted by Gasteiger charge is -2.28. The molecule has 0 bridgehead atoms. The smallest absolute Gasteiger partial charge is 0.222 e. The third-order valence-corrected chi connectivity index (χ3v) is 3.37. The highest BCUT2D eigenvalue weighted by atomic mass is 16.3. The minimum Gasteiger partial charge on any atom is -0.394 e. The van der Waals surface area contributed by atoms with E-state index >= 15 is 0 Å². The van der Waals surface area contributed by atoms with E-state index in [1.54, 1.807) is 0 Å². The fourth-order valence-electron chi connectivity index (χ4n) is 2.34. The summed E-state index contributed by atoms with van der Waals surface area (Å²) in [5.74, 6) is 2.77. The summed E-state index contributed by atoms with van der Waals surface area (Å²) >= 11 is 0. The molecule has 0 aromatic heterocycles. The number of unbranched alkanes of at least 4 members (excludes halogenated alkanes) is 2. The average molecular weight is 237 g/mol. The maximum Gasteiger partial charge on any atom is 0.222 e. The SMILES string of the molecule is C#CCCCCC(=O)N1CCCCCC1CO. The molecule has 1 unspecified atom stereocenters. The van der Waals surface area contributed by atoms with Crippen LogP contribution in [0.4, 0.5) is 0 Å². The predicted octanol–water partition coefficient (Wildman–Crippen LogP) is 1.94. The van der Waals surface area contributed by atoms with Gasteiger partial charge >= 0.3 is 0 Å². The van der Waals surface area contributed by atoms with Crippen molar-refractivity contribution < 1.29 is 9.90 Å². The topological polar surface area (TPSA) is 40.5 Å². The standard InChI is InChI=1S/C14H23NO2/c1-2-3-4-7-10-14(17)15-11-8-5-6-9-13(15)12-16/h1,13,16H,3-12H2. The number of hydrogen-bond donors (Lipinski definition) is 1. The van der Waals surface area contributed by atoms with Crippen LogP contribution in [-0.4, -0.2) is 35.1 Å². The van der Waals surface area contributed by atoms with Gasteiger partial charge in [0.2, 0.25) is 5.91 Å². The third kappa shape index (κ3) is 4.79. The molecule has 1 atom stereocenters. The van der Waals surface area contributed by atoms with Crippen LogP contribution in [0.15, 0.2) is 0 Å². The third-order valence-electron chi connectivity index (χ3n) is 3.37. The number of terminal acetylenes is 1. The van der Waals surface area contributed by atoms with Crippen LogP contribution >= 0.6 is 0 Å². The molecule has 0 radical (unpaired) electrons. The second kappa shape index (κ2) is 8.14. The number of likely N-dealkylation sites (tertiary alicyclic amines) is 1. The molecule has 17 heavy (non-hydrogen) atoms. The Morgan fingerprint density at radius 3 is 2.88 bits per heavy atom. The lowest BCUT2D eigenvalue weighted by Crippen LogP contribution is -2.41. The average Bonchev–Trinajstić information content (AvgIpc) is 2.59. The van der Waals surface area contributed by atoms with Gasteiger partial charge in [-0.15, -0.1) is 12.3 Å². The van der Waals surface area contributed by atoms with E-state index in [0.717, 1.165) is 51.5 Å². The first kappa shape index (κ1) is 14.1. The molecule has 1 N–H and O–H groups in total. The Bertz CT molecular complexity index is 270. The first-order chi connectivity index (χ1) is 8.29. The Labute approximate surface area is 104 Å². The highest BCUT2D eigenvalue weighted by Crippen LogP contribution is 2.18. The van der Waals surface area contributed by atoms with E-state index in [2.05, 4.69) is 5.92 Å². The first-order valence-electron chi connectivity index (χ1n) is 6.63. The van der Waals surface area contributed by atoms with Crippen molar-refractivity contribution in [2.45, 2.75) is 57.4 Å². The van der Waals surface area contributed by atoms with E-state index in [-0.39, 0.29) is 18.6 Å². The summed E-state index contributed by atoms with van der Waals surface area (Å²) in [7, 11) is 0. The van der Waals surface area contributed by atoms with Gasteiger partial charge in [-0.2, -0.15) is 0 Å². The quantitative estimate of drug-likeness (QED) is 0.586. The molecule has 0 aromatic rings. The van der Waals surface area contributed by atoms with E-state index < -0.39 is 0 Å². The Hall–Kier alpha value is -1.01. The summed E-state index contributed by atoms with van der Waals surface area (Å²) in [6.07, 6.45) is 12.5. The van der Waals surface area contributed by atoms with Crippen LogP contribution in [-0.2, 0) is 4.79 Å². The van der Waals surface area contributed by atoms with Crippen molar-refractivity contribution in [2.75, 3.05) is 13.2 Å². The first-order valence-corrected chi connectivity index (χ1v) is 6.63. The van der Waals surface area contributed by atoms with Crippen molar-refractivity contribution in [1.29, 1.82) is 0 Å². The fraction of sp³-hybridized carbons (Fsp3) is 0.786. The molecule has 3 nitrogen and oxygen atoms in total. The van der Waals surface area contributed by atoms with Gasteiger partial charge in [-0.25, -0.2) is 0 Å². The summed E-state index contributed by atoms with van der Waals surface area (Å²) < 4.78 is 0. The van der Waals surface area contributed by atoms with E-state index in [4.69, 9.17) is 6.42 Å². The van der Waals surface area contributed by atoms with E-state index in [1.807, 2.05) is 4.90 Å². The van der Waals surface area contributed by atoms with Crippen molar-refractivity contribution in [3.05, 3.63) is 0 Å². The normalized spacial score (nSPS) is 20.7. The van der Waals surface area contributed by atoms with Gasteiger partial charge in [-0.3, -0.25) is 4.79 Å². The van der Waals surface area contributed by atoms with Gasteiger partial charge in [0.1, 0.15) is 0 Å². The zero-order chi connectivity index (χ0) is 12.5. The van der Waals surface area contributed by atoms with Crippen molar-refractivity contribution in [1.82, 2.24) is 4.90 Å². The molecule has 1 amide bonds. The van der Waals surface area contributed by atoms with E-state index in [9.17, 15) is 9.90 Å². The van der Waals surface area contributed by atoms with Gasteiger partial charge in [-0.1, -0.05) is 12.8 Å². The summed E-state index contributed by atoms with van der Waals surface area (Å²) in [5, 5.41) is 9.32. The lowest BCUT2D eigenvalue weighted by molar-refractivity contribution is -0.134. The number of carbonyl (C=O) groups excluding carboxylic acids is 1. The zero-order valence-electron chi connectivity index (χ0n) is 10.5. The van der Waals surface area contributed by atoms with Crippen LogP contribution in [0, 0.1) is 12.3 Å². The lowest BCUT2D eigenvalue weighted by atomic mass is 10.1. The molecule has 0 aliphatic carbocycles. The summed E-state index contributed by atoms with van der Waals surface area (Å²) in [5.41, 5.74) is 0. The summed E-state index contributed by atoms with van der Waals surface area (Å²) in [6.45, 7) is 0.898. The highest BCUT2D eigenvalue weighted by Gasteiger charge is 2.23. The largest absolute Gasteiger partial charge is 0.394 e. The van der Waals surface area contributed by atoms with Crippen LogP contribution < -0.4 is 0 Å². The second-order valence-corrected chi connectivity index (χ2v) is 4.68. The van der Waals surface area contributed by atoms with Gasteiger partial charge in [0.15, 0.2) is 0 Å². The maximum atomic E-state index is 12.0. The number of amides is 1. The monoisotopic (exact) mass is 237 g/mol. The van der Waals surface area contributed by atoms with Gasteiger partial charge in [-0.05, 0) is 25.7 Å². The second-order valence-electron chi connectivity index (χ2n) is 4.68. The molecule has 0 aromatic carbocycles. The van der Waals surface area contributed by atoms with Gasteiger partial charge in [0, 0.05) is 19.4 Å². The van der Waals surface area contributed by atoms with E-state index in [0.29, 0.717) is 6.42 Å². The Balaban J connectivity index is 2.38. The van der Waals surface area contributed by atoms with Crippen molar-refractivity contribution >= 4 is 5.91 Å². The number of hydrogen-bond acceptors (Lipinski definition) is 2. The number of aliphatic hydroxyl groups is 1. The highest BCUT2D eigenvalue weighted by molar-refractivity contribution is 5.76. The molecule has 0 spiro atoms.